The van der Waals surface area contributed by atoms with Gasteiger partial charge in [-0.15, -0.1) is 10.2 Å². The highest BCUT2D eigenvalue weighted by Gasteiger charge is 2.13. The lowest BCUT2D eigenvalue weighted by molar-refractivity contribution is -0.116. The third-order valence-electron chi connectivity index (χ3n) is 3.62. The lowest BCUT2D eigenvalue weighted by Gasteiger charge is -2.08. The fourth-order valence-electron chi connectivity index (χ4n) is 2.22. The quantitative estimate of drug-likeness (QED) is 0.558. The Hall–Kier alpha value is -2.08. The first-order chi connectivity index (χ1) is 12.4. The maximum absolute atomic E-state index is 12.1. The van der Waals surface area contributed by atoms with E-state index < -0.39 is 0 Å². The molecule has 0 aliphatic heterocycles. The number of halogens is 3. The molecule has 1 heterocycles. The first-order valence-corrected chi connectivity index (χ1v) is 8.89. The van der Waals surface area contributed by atoms with Gasteiger partial charge in [-0.1, -0.05) is 52.5 Å². The van der Waals surface area contributed by atoms with E-state index in [4.69, 9.17) is 39.2 Å². The van der Waals surface area contributed by atoms with Crippen molar-refractivity contribution in [2.75, 3.05) is 5.32 Å². The van der Waals surface area contributed by atoms with Crippen molar-refractivity contribution in [2.45, 2.75) is 19.8 Å². The highest BCUT2D eigenvalue weighted by atomic mass is 35.5. The Morgan fingerprint density at radius 1 is 1.04 bits per heavy atom. The van der Waals surface area contributed by atoms with Crippen LogP contribution in [0.4, 0.5) is 5.69 Å². The predicted octanol–water partition coefficient (Wildman–Crippen LogP) is 5.58. The molecule has 0 saturated carbocycles. The van der Waals surface area contributed by atoms with Gasteiger partial charge in [0.25, 0.3) is 0 Å². The number of aryl methyl sites for hydroxylation is 2. The standard InChI is InChI=1S/C18H14Cl3N3O2/c1-10-2-4-11(5-3-10)18-24-23-17(26-18)7-6-16(25)22-15-9-13(20)12(19)8-14(15)21/h2-5,8-9H,6-7H2,1H3,(H,22,25). The second-order valence-electron chi connectivity index (χ2n) is 5.66. The zero-order valence-electron chi connectivity index (χ0n) is 13.7. The molecule has 0 radical (unpaired) electrons. The van der Waals surface area contributed by atoms with Gasteiger partial charge in [0, 0.05) is 18.4 Å². The van der Waals surface area contributed by atoms with E-state index in [0.717, 1.165) is 11.1 Å². The highest BCUT2D eigenvalue weighted by molar-refractivity contribution is 6.44. The normalized spacial score (nSPS) is 10.8. The average Bonchev–Trinajstić information content (AvgIpc) is 3.07. The molecular formula is C18H14Cl3N3O2. The Balaban J connectivity index is 1.60. The molecular weight excluding hydrogens is 397 g/mol. The number of rotatable bonds is 5. The molecule has 8 heteroatoms. The molecule has 0 atom stereocenters. The molecule has 0 saturated heterocycles. The van der Waals surface area contributed by atoms with E-state index in [1.165, 1.54) is 12.1 Å². The topological polar surface area (TPSA) is 68.0 Å². The minimum Gasteiger partial charge on any atom is -0.421 e. The third kappa shape index (κ3) is 4.55. The van der Waals surface area contributed by atoms with Gasteiger partial charge in [-0.25, -0.2) is 0 Å². The molecule has 3 aromatic rings. The number of hydrogen-bond acceptors (Lipinski definition) is 4. The summed E-state index contributed by atoms with van der Waals surface area (Å²) in [5.74, 6) is 0.560. The molecule has 134 valence electrons. The van der Waals surface area contributed by atoms with Crippen molar-refractivity contribution in [1.29, 1.82) is 0 Å². The minimum atomic E-state index is -0.250. The van der Waals surface area contributed by atoms with Crippen LogP contribution in [0.15, 0.2) is 40.8 Å². The molecule has 5 nitrogen and oxygen atoms in total. The molecule has 0 aliphatic rings. The van der Waals surface area contributed by atoms with E-state index in [2.05, 4.69) is 15.5 Å². The zero-order chi connectivity index (χ0) is 18.7. The van der Waals surface area contributed by atoms with Crippen LogP contribution in [0.2, 0.25) is 15.1 Å². The van der Waals surface area contributed by atoms with E-state index in [1.54, 1.807) is 0 Å². The number of anilines is 1. The van der Waals surface area contributed by atoms with Gasteiger partial charge in [-0.05, 0) is 31.2 Å². The number of amides is 1. The van der Waals surface area contributed by atoms with Gasteiger partial charge >= 0.3 is 0 Å². The number of carbonyl (C=O) groups excluding carboxylic acids is 1. The SMILES string of the molecule is Cc1ccc(-c2nnc(CCC(=O)Nc3cc(Cl)c(Cl)cc3Cl)o2)cc1. The van der Waals surface area contributed by atoms with E-state index in [9.17, 15) is 4.79 Å². The van der Waals surface area contributed by atoms with Crippen LogP contribution in [0.1, 0.15) is 17.9 Å². The summed E-state index contributed by atoms with van der Waals surface area (Å²) < 4.78 is 5.60. The lowest BCUT2D eigenvalue weighted by Crippen LogP contribution is -2.12. The molecule has 0 fully saturated rings. The van der Waals surface area contributed by atoms with Gasteiger partial charge in [-0.3, -0.25) is 4.79 Å². The number of benzene rings is 2. The van der Waals surface area contributed by atoms with Crippen LogP contribution >= 0.6 is 34.8 Å². The Kier molecular flexibility index (Phi) is 5.81. The summed E-state index contributed by atoms with van der Waals surface area (Å²) in [6, 6.07) is 10.7. The second-order valence-corrected chi connectivity index (χ2v) is 6.88. The van der Waals surface area contributed by atoms with Crippen LogP contribution in [0, 0.1) is 6.92 Å². The van der Waals surface area contributed by atoms with Crippen molar-refractivity contribution in [3.05, 3.63) is 62.9 Å². The van der Waals surface area contributed by atoms with Crippen LogP contribution in [-0.2, 0) is 11.2 Å². The highest BCUT2D eigenvalue weighted by Crippen LogP contribution is 2.32. The largest absolute Gasteiger partial charge is 0.421 e. The zero-order valence-corrected chi connectivity index (χ0v) is 16.0. The summed E-state index contributed by atoms with van der Waals surface area (Å²) >= 11 is 17.9. The molecule has 1 amide bonds. The molecule has 0 unspecified atom stereocenters. The van der Waals surface area contributed by atoms with E-state index in [1.807, 2.05) is 31.2 Å². The predicted molar refractivity (Wildman–Crippen MR) is 103 cm³/mol. The summed E-state index contributed by atoms with van der Waals surface area (Å²) in [6.45, 7) is 2.00. The Bertz CT molecular complexity index is 939. The van der Waals surface area contributed by atoms with Gasteiger partial charge in [0.15, 0.2) is 0 Å². The fourth-order valence-corrected chi connectivity index (χ4v) is 2.81. The van der Waals surface area contributed by atoms with Crippen LogP contribution < -0.4 is 5.32 Å². The molecule has 0 spiro atoms. The van der Waals surface area contributed by atoms with Crippen molar-refractivity contribution in [2.24, 2.45) is 0 Å². The Morgan fingerprint density at radius 2 is 1.73 bits per heavy atom. The van der Waals surface area contributed by atoms with Gasteiger partial charge < -0.3 is 9.73 Å². The summed E-state index contributed by atoms with van der Waals surface area (Å²) in [7, 11) is 0. The third-order valence-corrected chi connectivity index (χ3v) is 4.65. The van der Waals surface area contributed by atoms with E-state index >= 15 is 0 Å². The number of aromatic nitrogens is 2. The van der Waals surface area contributed by atoms with Crippen LogP contribution in [0.5, 0.6) is 0 Å². The molecule has 0 bridgehead atoms. The molecule has 2 aromatic carbocycles. The van der Waals surface area contributed by atoms with Crippen molar-refractivity contribution in [1.82, 2.24) is 10.2 Å². The van der Waals surface area contributed by atoms with E-state index in [0.29, 0.717) is 39.0 Å². The molecule has 1 N–H and O–H groups in total. The van der Waals surface area contributed by atoms with Gasteiger partial charge in [0.1, 0.15) is 0 Å². The minimum absolute atomic E-state index is 0.159. The molecule has 3 rings (SSSR count). The van der Waals surface area contributed by atoms with Crippen molar-refractivity contribution in [3.8, 4) is 11.5 Å². The Morgan fingerprint density at radius 3 is 2.46 bits per heavy atom. The van der Waals surface area contributed by atoms with Gasteiger partial charge in [0.05, 0.1) is 20.8 Å². The summed E-state index contributed by atoms with van der Waals surface area (Å²) in [4.78, 5) is 12.1. The smallest absolute Gasteiger partial charge is 0.247 e. The number of carbonyl (C=O) groups is 1. The monoisotopic (exact) mass is 409 g/mol. The van der Waals surface area contributed by atoms with Crippen molar-refractivity contribution in [3.63, 3.8) is 0 Å². The number of nitrogens with zero attached hydrogens (tertiary/aromatic N) is 2. The Labute approximate surface area is 165 Å². The maximum atomic E-state index is 12.1. The second kappa shape index (κ2) is 8.08. The van der Waals surface area contributed by atoms with E-state index in [-0.39, 0.29) is 12.3 Å². The van der Waals surface area contributed by atoms with Crippen LogP contribution in [0.3, 0.4) is 0 Å². The summed E-state index contributed by atoms with van der Waals surface area (Å²) in [5, 5.41) is 11.6. The first-order valence-electron chi connectivity index (χ1n) is 7.76. The van der Waals surface area contributed by atoms with Crippen molar-refractivity contribution < 1.29 is 9.21 Å². The first kappa shape index (κ1) is 18.7. The summed E-state index contributed by atoms with van der Waals surface area (Å²) in [5.41, 5.74) is 2.38. The maximum Gasteiger partial charge on any atom is 0.247 e. The van der Waals surface area contributed by atoms with Crippen LogP contribution in [-0.4, -0.2) is 16.1 Å². The van der Waals surface area contributed by atoms with Gasteiger partial charge in [-0.2, -0.15) is 0 Å². The lowest BCUT2D eigenvalue weighted by atomic mass is 10.1. The molecule has 1 aromatic heterocycles. The average molecular weight is 411 g/mol. The van der Waals surface area contributed by atoms with Crippen LogP contribution in [0.25, 0.3) is 11.5 Å². The van der Waals surface area contributed by atoms with Gasteiger partial charge in [0.2, 0.25) is 17.7 Å². The van der Waals surface area contributed by atoms with Crippen molar-refractivity contribution >= 4 is 46.4 Å². The fraction of sp³-hybridized carbons (Fsp3) is 0.167. The summed E-state index contributed by atoms with van der Waals surface area (Å²) in [6.07, 6.45) is 0.468. The number of hydrogen-bond donors (Lipinski definition) is 1. The molecule has 0 aliphatic carbocycles. The molecule has 26 heavy (non-hydrogen) atoms. The number of nitrogens with one attached hydrogen (secondary N) is 1.